The van der Waals surface area contributed by atoms with Gasteiger partial charge in [0.2, 0.25) is 0 Å². The van der Waals surface area contributed by atoms with E-state index in [9.17, 15) is 0 Å². The topological polar surface area (TPSA) is 43.0 Å². The van der Waals surface area contributed by atoms with Gasteiger partial charge >= 0.3 is 0 Å². The first-order valence-corrected chi connectivity index (χ1v) is 20.1. The normalized spacial score (nSPS) is 11.3. The Kier molecular flexibility index (Phi) is 8.50. The van der Waals surface area contributed by atoms with Crippen LogP contribution in [0.15, 0.2) is 206 Å². The number of benzene rings is 10. The Morgan fingerprint density at radius 2 is 0.667 bits per heavy atom. The van der Waals surface area contributed by atoms with Crippen molar-refractivity contribution < 1.29 is 0 Å². The molecule has 0 aliphatic heterocycles. The summed E-state index contributed by atoms with van der Waals surface area (Å²) in [6.07, 6.45) is 0. The third-order valence-corrected chi connectivity index (χ3v) is 11.5. The number of hydrogen-bond donors (Lipinski definition) is 0. The van der Waals surface area contributed by atoms with Crippen LogP contribution in [0.1, 0.15) is 0 Å². The van der Waals surface area contributed by atoms with Crippen LogP contribution in [0, 0.1) is 6.57 Å². The van der Waals surface area contributed by atoms with E-state index in [-0.39, 0.29) is 0 Å². The highest BCUT2D eigenvalue weighted by Gasteiger charge is 2.18. The minimum atomic E-state index is 0.627. The van der Waals surface area contributed by atoms with Crippen LogP contribution in [0.25, 0.3) is 115 Å². The third kappa shape index (κ3) is 6.05. The van der Waals surface area contributed by atoms with E-state index in [4.69, 9.17) is 21.5 Å². The van der Waals surface area contributed by atoms with Gasteiger partial charge in [-0.3, -0.25) is 0 Å². The Morgan fingerprint density at radius 3 is 1.25 bits per heavy atom. The van der Waals surface area contributed by atoms with Gasteiger partial charge in [-0.2, -0.15) is 0 Å². The summed E-state index contributed by atoms with van der Waals surface area (Å²) in [5.41, 5.74) is 10.2. The van der Waals surface area contributed by atoms with Gasteiger partial charge < -0.3 is 0 Å². The van der Waals surface area contributed by atoms with Crippen LogP contribution in [-0.2, 0) is 0 Å². The summed E-state index contributed by atoms with van der Waals surface area (Å²) in [5.74, 6) is 1.91. The highest BCUT2D eigenvalue weighted by atomic mass is 15.0. The predicted octanol–water partition coefficient (Wildman–Crippen LogP) is 15.0. The molecular formula is C56H34N4. The molecule has 0 aliphatic rings. The minimum absolute atomic E-state index is 0.627. The first-order valence-electron chi connectivity index (χ1n) is 20.1. The molecule has 0 spiro atoms. The maximum absolute atomic E-state index is 7.66. The van der Waals surface area contributed by atoms with E-state index in [0.717, 1.165) is 38.9 Å². The van der Waals surface area contributed by atoms with Crippen molar-refractivity contribution in [1.82, 2.24) is 15.0 Å². The van der Waals surface area contributed by atoms with Crippen LogP contribution in [0.5, 0.6) is 0 Å². The van der Waals surface area contributed by atoms with Crippen molar-refractivity contribution in [3.63, 3.8) is 0 Å². The number of aromatic nitrogens is 3. The van der Waals surface area contributed by atoms with E-state index >= 15 is 0 Å². The van der Waals surface area contributed by atoms with Crippen molar-refractivity contribution in [2.75, 3.05) is 0 Å². The molecule has 0 radical (unpaired) electrons. The molecule has 0 amide bonds. The van der Waals surface area contributed by atoms with Gasteiger partial charge in [0.25, 0.3) is 0 Å². The van der Waals surface area contributed by atoms with Crippen molar-refractivity contribution in [3.8, 4) is 67.5 Å². The molecule has 60 heavy (non-hydrogen) atoms. The molecule has 0 saturated heterocycles. The van der Waals surface area contributed by atoms with Crippen molar-refractivity contribution in [1.29, 1.82) is 0 Å². The molecule has 0 aliphatic carbocycles. The summed E-state index contributed by atoms with van der Waals surface area (Å²) >= 11 is 0. The highest BCUT2D eigenvalue weighted by Crippen LogP contribution is 2.45. The lowest BCUT2D eigenvalue weighted by Gasteiger charge is -2.18. The number of hydrogen-bond acceptors (Lipinski definition) is 3. The van der Waals surface area contributed by atoms with Crippen LogP contribution < -0.4 is 0 Å². The van der Waals surface area contributed by atoms with Gasteiger partial charge in [0.05, 0.1) is 6.57 Å². The van der Waals surface area contributed by atoms with Gasteiger partial charge in [0.15, 0.2) is 23.2 Å². The molecule has 1 aromatic heterocycles. The van der Waals surface area contributed by atoms with Crippen molar-refractivity contribution in [2.45, 2.75) is 0 Å². The van der Waals surface area contributed by atoms with Crippen LogP contribution in [-0.4, -0.2) is 15.0 Å². The number of nitrogens with zero attached hydrogens (tertiary/aromatic N) is 4. The van der Waals surface area contributed by atoms with Gasteiger partial charge in [-0.05, 0) is 101 Å². The molecule has 0 unspecified atom stereocenters. The summed E-state index contributed by atoms with van der Waals surface area (Å²) in [6.45, 7) is 7.66. The summed E-state index contributed by atoms with van der Waals surface area (Å²) in [5, 5.41) is 9.48. The second kappa shape index (κ2) is 14.6. The van der Waals surface area contributed by atoms with Crippen molar-refractivity contribution >= 4 is 48.8 Å². The molecule has 11 aromatic rings. The summed E-state index contributed by atoms with van der Waals surface area (Å²) in [7, 11) is 0. The second-order valence-corrected chi connectivity index (χ2v) is 15.0. The largest absolute Gasteiger partial charge is 0.238 e. The average molecular weight is 763 g/mol. The Hall–Kier alpha value is -8.26. The summed E-state index contributed by atoms with van der Waals surface area (Å²) < 4.78 is 0. The lowest BCUT2D eigenvalue weighted by Crippen LogP contribution is -2.00. The summed E-state index contributed by atoms with van der Waals surface area (Å²) in [6, 6.07) is 72.1. The van der Waals surface area contributed by atoms with Crippen molar-refractivity contribution in [3.05, 3.63) is 218 Å². The maximum Gasteiger partial charge on any atom is 0.187 e. The van der Waals surface area contributed by atoms with Gasteiger partial charge in [-0.1, -0.05) is 182 Å². The van der Waals surface area contributed by atoms with Crippen molar-refractivity contribution in [2.24, 2.45) is 0 Å². The molecule has 0 atom stereocenters. The molecule has 11 rings (SSSR count). The highest BCUT2D eigenvalue weighted by molar-refractivity contribution is 6.25. The molecular weight excluding hydrogens is 729 g/mol. The predicted molar refractivity (Wildman–Crippen MR) is 249 cm³/mol. The molecule has 10 aromatic carbocycles. The smallest absolute Gasteiger partial charge is 0.187 e. The van der Waals surface area contributed by atoms with E-state index in [1.54, 1.807) is 0 Å². The van der Waals surface area contributed by atoms with Gasteiger partial charge in [0, 0.05) is 16.7 Å². The summed E-state index contributed by atoms with van der Waals surface area (Å²) in [4.78, 5) is 18.7. The standard InChI is InChI=1S/C56H34N4/c1-57-41-23-15-21-39(33-41)50-34-52-48-29-13-12-28-47(48)51(35-53(52)46-27-11-10-26-45(46)50)49-31-30-42(43-24-8-9-25-44(43)49)38-20-14-22-40(32-38)56-59-54(36-16-4-2-5-17-36)58-55(60-56)37-18-6-3-7-19-37/h2-35H. The Balaban J connectivity index is 1.08. The molecule has 0 saturated carbocycles. The van der Waals surface area contributed by atoms with E-state index in [1.807, 2.05) is 78.9 Å². The SMILES string of the molecule is [C-]#[N+]c1cccc(-c2cc3c4ccccc4c(-c4ccc(-c5cccc(-c6nc(-c7ccccc7)nc(-c7ccccc7)n6)c5)c5ccccc45)cc3c3ccccc23)c1. The average Bonchev–Trinajstić information content (AvgIpc) is 3.33. The monoisotopic (exact) mass is 762 g/mol. The van der Waals surface area contributed by atoms with E-state index < -0.39 is 0 Å². The van der Waals surface area contributed by atoms with Gasteiger partial charge in [-0.15, -0.1) is 0 Å². The fourth-order valence-corrected chi connectivity index (χ4v) is 8.70. The van der Waals surface area contributed by atoms with E-state index in [0.29, 0.717) is 23.2 Å². The molecule has 4 nitrogen and oxygen atoms in total. The molecule has 0 N–H and O–H groups in total. The van der Waals surface area contributed by atoms with Crippen LogP contribution in [0.2, 0.25) is 0 Å². The van der Waals surface area contributed by atoms with Gasteiger partial charge in [-0.25, -0.2) is 19.8 Å². The molecule has 0 bridgehead atoms. The molecule has 1 heterocycles. The number of rotatable bonds is 6. The Bertz CT molecular complexity index is 3440. The first kappa shape index (κ1) is 34.9. The molecule has 278 valence electrons. The Labute approximate surface area is 347 Å². The van der Waals surface area contributed by atoms with Crippen LogP contribution in [0.3, 0.4) is 0 Å². The quantitative estimate of drug-likeness (QED) is 0.125. The first-order chi connectivity index (χ1) is 29.7. The zero-order valence-electron chi connectivity index (χ0n) is 32.4. The van der Waals surface area contributed by atoms with Crippen LogP contribution >= 0.6 is 0 Å². The maximum atomic E-state index is 7.66. The second-order valence-electron chi connectivity index (χ2n) is 15.0. The number of fused-ring (bicyclic) bond motifs is 6. The lowest BCUT2D eigenvalue weighted by atomic mass is 9.85. The zero-order chi connectivity index (χ0) is 40.0. The zero-order valence-corrected chi connectivity index (χ0v) is 32.4. The van der Waals surface area contributed by atoms with Crippen LogP contribution in [0.4, 0.5) is 5.69 Å². The third-order valence-electron chi connectivity index (χ3n) is 11.5. The lowest BCUT2D eigenvalue weighted by molar-refractivity contribution is 1.07. The minimum Gasteiger partial charge on any atom is -0.238 e. The van der Waals surface area contributed by atoms with E-state index in [2.05, 4.69) is 132 Å². The molecule has 4 heteroatoms. The van der Waals surface area contributed by atoms with Gasteiger partial charge in [0.1, 0.15) is 0 Å². The fraction of sp³-hybridized carbons (Fsp3) is 0. The molecule has 0 fully saturated rings. The van der Waals surface area contributed by atoms with E-state index in [1.165, 1.54) is 54.2 Å². The Morgan fingerprint density at radius 1 is 0.267 bits per heavy atom. The fourth-order valence-electron chi connectivity index (χ4n) is 8.70.